The van der Waals surface area contributed by atoms with Crippen molar-refractivity contribution in [2.75, 3.05) is 39.6 Å². The average Bonchev–Trinajstić information content (AvgIpc) is 2.65. The van der Waals surface area contributed by atoms with Crippen LogP contribution >= 0.6 is 0 Å². The molecule has 9 nitrogen and oxygen atoms in total. The molecule has 0 bridgehead atoms. The number of nitrogens with zero attached hydrogens (tertiary/aromatic N) is 1. The number of hydrogen-bond donors (Lipinski definition) is 1. The molecule has 1 aliphatic rings. The highest BCUT2D eigenvalue weighted by atomic mass is 16.5. The summed E-state index contributed by atoms with van der Waals surface area (Å²) in [5, 5.41) is 10.4. The van der Waals surface area contributed by atoms with Crippen LogP contribution in [0.5, 0.6) is 5.75 Å². The third-order valence-electron chi connectivity index (χ3n) is 3.54. The quantitative estimate of drug-likeness (QED) is 0.614. The summed E-state index contributed by atoms with van der Waals surface area (Å²) in [6.45, 7) is -0.311. The maximum absolute atomic E-state index is 12.2. The Hall–Kier alpha value is -3.07. The van der Waals surface area contributed by atoms with Crippen molar-refractivity contribution < 1.29 is 38.4 Å². The molecule has 1 aromatic rings. The molecule has 0 spiro atoms. The largest absolute Gasteiger partial charge is 0.505 e. The number of aromatic hydroxyl groups is 1. The Morgan fingerprint density at radius 3 is 2.28 bits per heavy atom. The molecule has 1 N–H and O–H groups in total. The number of hydrogen-bond acceptors (Lipinski definition) is 9. The number of rotatable bonds is 4. The zero-order valence-corrected chi connectivity index (χ0v) is 13.9. The molecule has 1 heterocycles. The van der Waals surface area contributed by atoms with Crippen LogP contribution in [0.4, 0.5) is 5.69 Å². The molecule has 1 aliphatic heterocycles. The third-order valence-corrected chi connectivity index (χ3v) is 3.54. The molecular formula is C16H17NO8. The molecule has 0 saturated heterocycles. The van der Waals surface area contributed by atoms with Gasteiger partial charge < -0.3 is 29.0 Å². The van der Waals surface area contributed by atoms with E-state index in [-0.39, 0.29) is 35.9 Å². The molecule has 2 rings (SSSR count). The molecule has 134 valence electrons. The predicted molar refractivity (Wildman–Crippen MR) is 83.8 cm³/mol. The first-order valence-corrected chi connectivity index (χ1v) is 7.11. The maximum Gasteiger partial charge on any atom is 0.355 e. The zero-order valence-electron chi connectivity index (χ0n) is 13.9. The van der Waals surface area contributed by atoms with Gasteiger partial charge in [0.1, 0.15) is 18.0 Å². The van der Waals surface area contributed by atoms with E-state index in [1.54, 1.807) is 0 Å². The summed E-state index contributed by atoms with van der Waals surface area (Å²) in [6, 6.07) is 4.30. The Labute approximate surface area is 143 Å². The smallest absolute Gasteiger partial charge is 0.355 e. The van der Waals surface area contributed by atoms with Gasteiger partial charge in [0.15, 0.2) is 5.75 Å². The number of phenols is 1. The summed E-state index contributed by atoms with van der Waals surface area (Å²) in [7, 11) is 3.49. The zero-order chi connectivity index (χ0) is 18.6. The van der Waals surface area contributed by atoms with Gasteiger partial charge in [-0.3, -0.25) is 0 Å². The Morgan fingerprint density at radius 2 is 1.68 bits per heavy atom. The Morgan fingerprint density at radius 1 is 1.04 bits per heavy atom. The van der Waals surface area contributed by atoms with Crippen LogP contribution in [0.2, 0.25) is 0 Å². The SMILES string of the molecule is COC(=O)C1=C(C(=O)OC)N(c2cccc(C(=O)OC)c2O)COC1. The summed E-state index contributed by atoms with van der Waals surface area (Å²) in [4.78, 5) is 37.1. The lowest BCUT2D eigenvalue weighted by Gasteiger charge is -2.31. The lowest BCUT2D eigenvalue weighted by molar-refractivity contribution is -0.140. The Kier molecular flexibility index (Phi) is 5.60. The van der Waals surface area contributed by atoms with E-state index < -0.39 is 23.7 Å². The third kappa shape index (κ3) is 3.41. The van der Waals surface area contributed by atoms with E-state index in [1.807, 2.05) is 0 Å². The van der Waals surface area contributed by atoms with Crippen LogP contribution in [0, 0.1) is 0 Å². The second-order valence-electron chi connectivity index (χ2n) is 4.88. The van der Waals surface area contributed by atoms with Crippen LogP contribution in [0.15, 0.2) is 29.5 Å². The average molecular weight is 351 g/mol. The number of benzene rings is 1. The number of phenolic OH excluding ortho intramolecular Hbond substituents is 1. The first-order chi connectivity index (χ1) is 12.0. The summed E-state index contributed by atoms with van der Waals surface area (Å²) >= 11 is 0. The van der Waals surface area contributed by atoms with Crippen LogP contribution in [-0.2, 0) is 28.5 Å². The van der Waals surface area contributed by atoms with Crippen molar-refractivity contribution in [2.24, 2.45) is 0 Å². The summed E-state index contributed by atoms with van der Waals surface area (Å²) < 4.78 is 19.3. The van der Waals surface area contributed by atoms with Gasteiger partial charge in [-0.2, -0.15) is 0 Å². The highest BCUT2D eigenvalue weighted by molar-refractivity contribution is 6.04. The van der Waals surface area contributed by atoms with E-state index in [9.17, 15) is 19.5 Å². The minimum atomic E-state index is -0.813. The molecular weight excluding hydrogens is 334 g/mol. The fraction of sp³-hybridized carbons (Fsp3) is 0.312. The van der Waals surface area contributed by atoms with Crippen LogP contribution in [0.25, 0.3) is 0 Å². The molecule has 0 radical (unpaired) electrons. The van der Waals surface area contributed by atoms with E-state index in [1.165, 1.54) is 37.3 Å². The van der Waals surface area contributed by atoms with Gasteiger partial charge in [0.2, 0.25) is 0 Å². The van der Waals surface area contributed by atoms with Gasteiger partial charge in [0.25, 0.3) is 0 Å². The monoisotopic (exact) mass is 351 g/mol. The maximum atomic E-state index is 12.2. The molecule has 1 aromatic carbocycles. The van der Waals surface area contributed by atoms with Crippen LogP contribution in [0.1, 0.15) is 10.4 Å². The van der Waals surface area contributed by atoms with Gasteiger partial charge >= 0.3 is 17.9 Å². The lowest BCUT2D eigenvalue weighted by Crippen LogP contribution is -2.38. The van der Waals surface area contributed by atoms with E-state index in [4.69, 9.17) is 9.47 Å². The van der Waals surface area contributed by atoms with E-state index >= 15 is 0 Å². The van der Waals surface area contributed by atoms with Crippen molar-refractivity contribution >= 4 is 23.6 Å². The van der Waals surface area contributed by atoms with Crippen LogP contribution in [-0.4, -0.2) is 57.7 Å². The molecule has 0 saturated carbocycles. The Bertz CT molecular complexity index is 740. The molecule has 25 heavy (non-hydrogen) atoms. The number of carbonyl (C=O) groups is 3. The van der Waals surface area contributed by atoms with Crippen molar-refractivity contribution in [2.45, 2.75) is 0 Å². The van der Waals surface area contributed by atoms with Gasteiger partial charge in [-0.05, 0) is 12.1 Å². The molecule has 0 aromatic heterocycles. The molecule has 0 fully saturated rings. The van der Waals surface area contributed by atoms with Gasteiger partial charge in [0.05, 0.1) is 39.2 Å². The highest BCUT2D eigenvalue weighted by Gasteiger charge is 2.34. The van der Waals surface area contributed by atoms with Gasteiger partial charge in [0, 0.05) is 0 Å². The van der Waals surface area contributed by atoms with E-state index in [2.05, 4.69) is 9.47 Å². The molecule has 0 amide bonds. The second-order valence-corrected chi connectivity index (χ2v) is 4.88. The van der Waals surface area contributed by atoms with Crippen molar-refractivity contribution in [3.8, 4) is 5.75 Å². The number of anilines is 1. The number of carbonyl (C=O) groups excluding carboxylic acids is 3. The normalized spacial score (nSPS) is 14.1. The lowest BCUT2D eigenvalue weighted by atomic mass is 10.1. The standard InChI is InChI=1S/C16H17NO8/c1-22-14(19)9-5-4-6-11(13(9)18)17-8-25-7-10(15(20)23-2)12(17)16(21)24-3/h4-6,18H,7-8H2,1-3H3. The van der Waals surface area contributed by atoms with Gasteiger partial charge in [-0.1, -0.05) is 6.07 Å². The fourth-order valence-electron chi connectivity index (χ4n) is 2.36. The number of para-hydroxylation sites is 1. The van der Waals surface area contributed by atoms with Gasteiger partial charge in [-0.25, -0.2) is 14.4 Å². The summed E-state index contributed by atoms with van der Waals surface area (Å²) in [5.41, 5.74) is -0.236. The van der Waals surface area contributed by atoms with Gasteiger partial charge in [-0.15, -0.1) is 0 Å². The van der Waals surface area contributed by atoms with Crippen molar-refractivity contribution in [3.05, 3.63) is 35.0 Å². The number of ether oxygens (including phenoxy) is 4. The van der Waals surface area contributed by atoms with Crippen molar-refractivity contribution in [1.82, 2.24) is 0 Å². The number of methoxy groups -OCH3 is 3. The van der Waals surface area contributed by atoms with Crippen molar-refractivity contribution in [3.63, 3.8) is 0 Å². The van der Waals surface area contributed by atoms with Crippen LogP contribution in [0.3, 0.4) is 0 Å². The minimum Gasteiger partial charge on any atom is -0.505 e. The second kappa shape index (κ2) is 7.67. The predicted octanol–water partition coefficient (Wildman–Crippen LogP) is 0.573. The fourth-order valence-corrected chi connectivity index (χ4v) is 2.36. The van der Waals surface area contributed by atoms with E-state index in [0.717, 1.165) is 7.11 Å². The topological polar surface area (TPSA) is 112 Å². The number of esters is 3. The molecule has 9 heteroatoms. The highest BCUT2D eigenvalue weighted by Crippen LogP contribution is 2.36. The molecule has 0 unspecified atom stereocenters. The summed E-state index contributed by atoms with van der Waals surface area (Å²) in [6.07, 6.45) is 0. The van der Waals surface area contributed by atoms with Crippen molar-refractivity contribution in [1.29, 1.82) is 0 Å². The molecule has 0 aliphatic carbocycles. The van der Waals surface area contributed by atoms with Crippen LogP contribution < -0.4 is 4.90 Å². The first kappa shape index (κ1) is 18.3. The molecule has 0 atom stereocenters. The minimum absolute atomic E-state index is 0.0662. The Balaban J connectivity index is 2.62. The van der Waals surface area contributed by atoms with E-state index in [0.29, 0.717) is 0 Å². The summed E-state index contributed by atoms with van der Waals surface area (Å²) in [5.74, 6) is -2.76. The first-order valence-electron chi connectivity index (χ1n) is 7.11.